The van der Waals surface area contributed by atoms with Gasteiger partial charge in [-0.1, -0.05) is 24.3 Å². The van der Waals surface area contributed by atoms with E-state index in [2.05, 4.69) is 38.1 Å². The van der Waals surface area contributed by atoms with Crippen LogP contribution in [0.4, 0.5) is 23.0 Å². The van der Waals surface area contributed by atoms with Crippen molar-refractivity contribution in [3.8, 4) is 0 Å². The molecule has 1 aliphatic rings. The second-order valence-electron chi connectivity index (χ2n) is 9.61. The number of benzene rings is 2. The number of anilines is 4. The molecule has 192 valence electrons. The van der Waals surface area contributed by atoms with Crippen molar-refractivity contribution in [1.29, 1.82) is 0 Å². The highest BCUT2D eigenvalue weighted by atomic mass is 32.2. The van der Waals surface area contributed by atoms with Crippen LogP contribution < -0.4 is 21.5 Å². The first kappa shape index (κ1) is 25.0. The standard InChI is InChI=1S/C28H31N5O3S/c1-18(2)37(35,36)24-6-4-3-5-23(24)32-25-17-21-13-16-30-28(34)26(21)27(33-25)31-22-9-7-19(8-10-22)20-11-14-29-15-12-20/h3-10,13,16-18,20,29H,11-12,14-15H2,1-2H3,(H,30,34)(H2,31,32,33). The molecule has 0 radical (unpaired) electrons. The fourth-order valence-electron chi connectivity index (χ4n) is 4.71. The van der Waals surface area contributed by atoms with Crippen molar-refractivity contribution in [2.45, 2.75) is 42.8 Å². The Kier molecular flexibility index (Phi) is 6.99. The molecule has 9 heteroatoms. The Labute approximate surface area is 216 Å². The topological polar surface area (TPSA) is 116 Å². The Morgan fingerprint density at radius 1 is 0.973 bits per heavy atom. The highest BCUT2D eigenvalue weighted by Gasteiger charge is 2.23. The van der Waals surface area contributed by atoms with Crippen LogP contribution in [0.2, 0.25) is 0 Å². The van der Waals surface area contributed by atoms with E-state index in [0.717, 1.165) is 31.6 Å². The minimum Gasteiger partial charge on any atom is -0.339 e. The Morgan fingerprint density at radius 3 is 2.43 bits per heavy atom. The molecule has 0 unspecified atom stereocenters. The molecule has 4 aromatic rings. The molecule has 5 rings (SSSR count). The van der Waals surface area contributed by atoms with E-state index in [-0.39, 0.29) is 10.5 Å². The maximum atomic E-state index is 12.9. The molecule has 0 aliphatic carbocycles. The maximum absolute atomic E-state index is 12.9. The van der Waals surface area contributed by atoms with Crippen molar-refractivity contribution < 1.29 is 8.42 Å². The second kappa shape index (κ2) is 10.4. The zero-order valence-corrected chi connectivity index (χ0v) is 21.7. The Hall–Kier alpha value is -3.69. The van der Waals surface area contributed by atoms with Gasteiger partial charge in [0.1, 0.15) is 11.6 Å². The summed E-state index contributed by atoms with van der Waals surface area (Å²) < 4.78 is 25.9. The second-order valence-corrected chi connectivity index (χ2v) is 12.1. The molecule has 2 aromatic heterocycles. The van der Waals surface area contributed by atoms with Gasteiger partial charge in [-0.3, -0.25) is 4.79 Å². The van der Waals surface area contributed by atoms with E-state index in [1.54, 1.807) is 56.4 Å². The van der Waals surface area contributed by atoms with Gasteiger partial charge in [-0.25, -0.2) is 13.4 Å². The summed E-state index contributed by atoms with van der Waals surface area (Å²) in [6.45, 7) is 5.38. The quantitative estimate of drug-likeness (QED) is 0.271. The van der Waals surface area contributed by atoms with E-state index in [1.165, 1.54) is 5.56 Å². The van der Waals surface area contributed by atoms with Crippen LogP contribution in [0.25, 0.3) is 10.8 Å². The van der Waals surface area contributed by atoms with Crippen molar-refractivity contribution >= 4 is 43.6 Å². The van der Waals surface area contributed by atoms with Gasteiger partial charge in [-0.15, -0.1) is 0 Å². The van der Waals surface area contributed by atoms with E-state index in [9.17, 15) is 13.2 Å². The number of sulfone groups is 1. The first-order valence-corrected chi connectivity index (χ1v) is 14.1. The van der Waals surface area contributed by atoms with Crippen LogP contribution in [0.5, 0.6) is 0 Å². The average Bonchev–Trinajstić information content (AvgIpc) is 2.90. The van der Waals surface area contributed by atoms with E-state index in [1.807, 2.05) is 12.1 Å². The van der Waals surface area contributed by atoms with Crippen LogP contribution in [0.1, 0.15) is 38.2 Å². The third kappa shape index (κ3) is 5.23. The number of para-hydroxylation sites is 1. The van der Waals surface area contributed by atoms with Gasteiger partial charge >= 0.3 is 0 Å². The number of piperidine rings is 1. The summed E-state index contributed by atoms with van der Waals surface area (Å²) in [6, 6.07) is 18.6. The SMILES string of the molecule is CC(C)S(=O)(=O)c1ccccc1Nc1cc2cc[nH]c(=O)c2c(Nc2ccc(C3CCNCC3)cc2)n1. The van der Waals surface area contributed by atoms with E-state index >= 15 is 0 Å². The van der Waals surface area contributed by atoms with Gasteiger partial charge in [0.15, 0.2) is 9.84 Å². The molecule has 4 N–H and O–H groups in total. The largest absolute Gasteiger partial charge is 0.339 e. The van der Waals surface area contributed by atoms with Crippen molar-refractivity contribution in [2.75, 3.05) is 23.7 Å². The summed E-state index contributed by atoms with van der Waals surface area (Å²) >= 11 is 0. The zero-order valence-electron chi connectivity index (χ0n) is 20.9. The monoisotopic (exact) mass is 517 g/mol. The lowest BCUT2D eigenvalue weighted by molar-refractivity contribution is 0.460. The summed E-state index contributed by atoms with van der Waals surface area (Å²) in [4.78, 5) is 20.4. The Morgan fingerprint density at radius 2 is 1.70 bits per heavy atom. The first-order chi connectivity index (χ1) is 17.8. The number of nitrogens with one attached hydrogen (secondary N) is 4. The normalized spacial score (nSPS) is 14.7. The lowest BCUT2D eigenvalue weighted by Gasteiger charge is -2.23. The van der Waals surface area contributed by atoms with Gasteiger partial charge in [-0.2, -0.15) is 0 Å². The molecule has 8 nitrogen and oxygen atoms in total. The van der Waals surface area contributed by atoms with Crippen molar-refractivity contribution in [3.63, 3.8) is 0 Å². The Balaban J connectivity index is 1.50. The number of hydrogen-bond donors (Lipinski definition) is 4. The number of hydrogen-bond acceptors (Lipinski definition) is 7. The minimum atomic E-state index is -3.51. The first-order valence-electron chi connectivity index (χ1n) is 12.5. The predicted molar refractivity (Wildman–Crippen MR) is 149 cm³/mol. The number of aromatic amines is 1. The molecule has 2 aromatic carbocycles. The number of H-pyrrole nitrogens is 1. The molecule has 3 heterocycles. The molecule has 37 heavy (non-hydrogen) atoms. The molecule has 0 saturated carbocycles. The van der Waals surface area contributed by atoms with Crippen molar-refractivity contribution in [2.24, 2.45) is 0 Å². The number of aromatic nitrogens is 2. The van der Waals surface area contributed by atoms with Gasteiger partial charge in [0.05, 0.1) is 21.2 Å². The highest BCUT2D eigenvalue weighted by Crippen LogP contribution is 2.31. The molecular weight excluding hydrogens is 486 g/mol. The molecule has 1 aliphatic heterocycles. The van der Waals surface area contributed by atoms with E-state index < -0.39 is 15.1 Å². The molecule has 0 atom stereocenters. The van der Waals surface area contributed by atoms with E-state index in [0.29, 0.717) is 34.0 Å². The molecule has 1 saturated heterocycles. The van der Waals surface area contributed by atoms with Gasteiger partial charge in [-0.05, 0) is 93.0 Å². The highest BCUT2D eigenvalue weighted by molar-refractivity contribution is 7.92. The van der Waals surface area contributed by atoms with Crippen LogP contribution >= 0.6 is 0 Å². The fraction of sp³-hybridized carbons (Fsp3) is 0.286. The summed E-state index contributed by atoms with van der Waals surface area (Å²) in [7, 11) is -3.51. The minimum absolute atomic E-state index is 0.209. The van der Waals surface area contributed by atoms with Crippen molar-refractivity contribution in [1.82, 2.24) is 15.3 Å². The van der Waals surface area contributed by atoms with Crippen LogP contribution in [-0.2, 0) is 9.84 Å². The van der Waals surface area contributed by atoms with E-state index in [4.69, 9.17) is 0 Å². The van der Waals surface area contributed by atoms with Gasteiger partial charge in [0.2, 0.25) is 0 Å². The third-order valence-electron chi connectivity index (χ3n) is 6.82. The van der Waals surface area contributed by atoms with Gasteiger partial charge < -0.3 is 20.9 Å². The summed E-state index contributed by atoms with van der Waals surface area (Å²) in [5, 5.41) is 10.4. The Bertz CT molecular complexity index is 1570. The van der Waals surface area contributed by atoms with Crippen LogP contribution in [0.3, 0.4) is 0 Å². The van der Waals surface area contributed by atoms with Crippen LogP contribution in [-0.4, -0.2) is 36.7 Å². The molecule has 1 fully saturated rings. The van der Waals surface area contributed by atoms with Crippen molar-refractivity contribution in [3.05, 3.63) is 82.8 Å². The molecule has 0 bridgehead atoms. The number of nitrogens with zero attached hydrogens (tertiary/aromatic N) is 1. The van der Waals surface area contributed by atoms with Gasteiger partial charge in [0.25, 0.3) is 5.56 Å². The third-order valence-corrected chi connectivity index (χ3v) is 9.03. The summed E-state index contributed by atoms with van der Waals surface area (Å²) in [5.41, 5.74) is 2.30. The smallest absolute Gasteiger partial charge is 0.259 e. The lowest BCUT2D eigenvalue weighted by Crippen LogP contribution is -2.26. The van der Waals surface area contributed by atoms with Crippen LogP contribution in [0, 0.1) is 0 Å². The fourth-order valence-corrected chi connectivity index (χ4v) is 5.91. The predicted octanol–water partition coefficient (Wildman–Crippen LogP) is 5.06. The summed E-state index contributed by atoms with van der Waals surface area (Å²) in [6.07, 6.45) is 3.83. The number of fused-ring (bicyclic) bond motifs is 1. The molecule has 0 spiro atoms. The van der Waals surface area contributed by atoms with Crippen LogP contribution in [0.15, 0.2) is 76.6 Å². The number of pyridine rings is 2. The van der Waals surface area contributed by atoms with Gasteiger partial charge in [0, 0.05) is 11.9 Å². The molecule has 0 amide bonds. The molecular formula is C28H31N5O3S. The zero-order chi connectivity index (χ0) is 26.0. The summed E-state index contributed by atoms with van der Waals surface area (Å²) in [5.74, 6) is 1.37. The maximum Gasteiger partial charge on any atom is 0.259 e. The number of rotatable bonds is 7. The lowest BCUT2D eigenvalue weighted by atomic mass is 9.90. The average molecular weight is 518 g/mol.